The highest BCUT2D eigenvalue weighted by Gasteiger charge is 2.37. The minimum atomic E-state index is 0.535. The Kier molecular flexibility index (Phi) is 5.25. The molecule has 1 aliphatic carbocycles. The van der Waals surface area contributed by atoms with E-state index in [-0.39, 0.29) is 0 Å². The molecule has 1 aromatic rings. The summed E-state index contributed by atoms with van der Waals surface area (Å²) in [4.78, 5) is 1.52. The van der Waals surface area contributed by atoms with E-state index < -0.39 is 0 Å². The Morgan fingerprint density at radius 3 is 2.86 bits per heavy atom. The number of hydrogen-bond acceptors (Lipinski definition) is 3. The molecule has 116 valence electrons. The van der Waals surface area contributed by atoms with Crippen LogP contribution in [0.25, 0.3) is 0 Å². The molecule has 0 spiro atoms. The van der Waals surface area contributed by atoms with Gasteiger partial charge in [-0.25, -0.2) is 0 Å². The fourth-order valence-electron chi connectivity index (χ4n) is 3.96. The summed E-state index contributed by atoms with van der Waals surface area (Å²) in [5, 5.41) is 4.41. The van der Waals surface area contributed by atoms with Crippen molar-refractivity contribution in [3.8, 4) is 0 Å². The minimum absolute atomic E-state index is 0.535. The number of rotatable bonds is 7. The summed E-state index contributed by atoms with van der Waals surface area (Å²) in [7, 11) is 1.78. The predicted molar refractivity (Wildman–Crippen MR) is 90.1 cm³/mol. The molecule has 3 heteroatoms. The van der Waals surface area contributed by atoms with Crippen molar-refractivity contribution in [2.24, 2.45) is 5.41 Å². The van der Waals surface area contributed by atoms with Crippen molar-refractivity contribution in [2.75, 3.05) is 26.8 Å². The Bertz CT molecular complexity index is 431. The van der Waals surface area contributed by atoms with Crippen molar-refractivity contribution >= 4 is 11.8 Å². The predicted octanol–water partition coefficient (Wildman–Crippen LogP) is 3.89. The van der Waals surface area contributed by atoms with Gasteiger partial charge in [0.05, 0.1) is 6.61 Å². The summed E-state index contributed by atoms with van der Waals surface area (Å²) >= 11 is 2.11. The number of fused-ring (bicyclic) bond motifs is 1. The molecule has 21 heavy (non-hydrogen) atoms. The van der Waals surface area contributed by atoms with Gasteiger partial charge in [-0.15, -0.1) is 11.8 Å². The number of benzene rings is 1. The van der Waals surface area contributed by atoms with Gasteiger partial charge in [-0.05, 0) is 42.7 Å². The van der Waals surface area contributed by atoms with Gasteiger partial charge in [0.2, 0.25) is 0 Å². The summed E-state index contributed by atoms with van der Waals surface area (Å²) in [5.41, 5.74) is 2.10. The molecule has 1 fully saturated rings. The molecule has 1 saturated carbocycles. The van der Waals surface area contributed by atoms with Gasteiger partial charge in [0.1, 0.15) is 0 Å². The van der Waals surface area contributed by atoms with Crippen LogP contribution in [0.2, 0.25) is 0 Å². The fourth-order valence-corrected chi connectivity index (χ4v) is 5.48. The molecule has 1 unspecified atom stereocenters. The zero-order valence-corrected chi connectivity index (χ0v) is 13.9. The van der Waals surface area contributed by atoms with Gasteiger partial charge in [0, 0.05) is 30.3 Å². The quantitative estimate of drug-likeness (QED) is 0.772. The zero-order chi connectivity index (χ0) is 14.5. The van der Waals surface area contributed by atoms with Crippen molar-refractivity contribution in [2.45, 2.75) is 48.7 Å². The first-order chi connectivity index (χ1) is 10.3. The normalized spacial score (nSPS) is 23.4. The third-order valence-corrected chi connectivity index (χ3v) is 6.34. The standard InChI is InChI=1S/C18H27NOS/c1-20-11-10-19-14-18(8-4-5-9-18)13-16-12-15-6-2-3-7-17(15)21-16/h2-3,6-7,16,19H,4-5,8-14H2,1H3. The average molecular weight is 305 g/mol. The highest BCUT2D eigenvalue weighted by atomic mass is 32.2. The van der Waals surface area contributed by atoms with Crippen LogP contribution in [0.1, 0.15) is 37.7 Å². The summed E-state index contributed by atoms with van der Waals surface area (Å²) in [6.07, 6.45) is 8.26. The first-order valence-corrected chi connectivity index (χ1v) is 9.14. The number of methoxy groups -OCH3 is 1. The van der Waals surface area contributed by atoms with Gasteiger partial charge in [-0.1, -0.05) is 31.0 Å². The molecule has 0 bridgehead atoms. The molecule has 2 nitrogen and oxygen atoms in total. The van der Waals surface area contributed by atoms with Crippen molar-refractivity contribution in [3.63, 3.8) is 0 Å². The lowest BCUT2D eigenvalue weighted by atomic mass is 9.80. The molecule has 3 rings (SSSR count). The van der Waals surface area contributed by atoms with Gasteiger partial charge < -0.3 is 10.1 Å². The van der Waals surface area contributed by atoms with Crippen LogP contribution in [0.15, 0.2) is 29.2 Å². The molecule has 2 aliphatic rings. The highest BCUT2D eigenvalue weighted by molar-refractivity contribution is 8.00. The van der Waals surface area contributed by atoms with Crippen LogP contribution >= 0.6 is 11.8 Å². The monoisotopic (exact) mass is 305 g/mol. The van der Waals surface area contributed by atoms with Gasteiger partial charge >= 0.3 is 0 Å². The molecule has 0 aromatic heterocycles. The number of hydrogen-bond donors (Lipinski definition) is 1. The van der Waals surface area contributed by atoms with Crippen molar-refractivity contribution in [1.29, 1.82) is 0 Å². The lowest BCUT2D eigenvalue weighted by molar-refractivity contribution is 0.187. The van der Waals surface area contributed by atoms with Crippen LogP contribution in [0.4, 0.5) is 0 Å². The van der Waals surface area contributed by atoms with Crippen LogP contribution in [-0.2, 0) is 11.2 Å². The third-order valence-electron chi connectivity index (χ3n) is 5.02. The molecule has 1 aliphatic heterocycles. The third kappa shape index (κ3) is 3.82. The molecule has 0 radical (unpaired) electrons. The average Bonchev–Trinajstić information content (AvgIpc) is 3.10. The van der Waals surface area contributed by atoms with Crippen molar-refractivity contribution in [1.82, 2.24) is 5.32 Å². The van der Waals surface area contributed by atoms with E-state index in [0.717, 1.165) is 18.4 Å². The molecule has 1 N–H and O–H groups in total. The summed E-state index contributed by atoms with van der Waals surface area (Å²) in [6, 6.07) is 8.95. The largest absolute Gasteiger partial charge is 0.383 e. The van der Waals surface area contributed by atoms with Crippen LogP contribution in [0.3, 0.4) is 0 Å². The van der Waals surface area contributed by atoms with Gasteiger partial charge in [-0.3, -0.25) is 0 Å². The van der Waals surface area contributed by atoms with Gasteiger partial charge in [0.25, 0.3) is 0 Å². The molecule has 1 heterocycles. The summed E-state index contributed by atoms with van der Waals surface area (Å²) < 4.78 is 5.15. The second-order valence-corrected chi connectivity index (χ2v) is 7.97. The maximum absolute atomic E-state index is 5.15. The summed E-state index contributed by atoms with van der Waals surface area (Å²) in [6.45, 7) is 2.97. The first kappa shape index (κ1) is 15.4. The molecule has 0 amide bonds. The van der Waals surface area contributed by atoms with Crippen molar-refractivity contribution < 1.29 is 4.74 Å². The van der Waals surface area contributed by atoms with Crippen LogP contribution in [0.5, 0.6) is 0 Å². The van der Waals surface area contributed by atoms with Crippen LogP contribution in [0, 0.1) is 5.41 Å². The van der Waals surface area contributed by atoms with E-state index in [1.807, 2.05) is 0 Å². The van der Waals surface area contributed by atoms with Crippen LogP contribution in [-0.4, -0.2) is 32.1 Å². The molecular weight excluding hydrogens is 278 g/mol. The lowest BCUT2D eigenvalue weighted by Crippen LogP contribution is -2.36. The fraction of sp³-hybridized carbons (Fsp3) is 0.667. The maximum atomic E-state index is 5.15. The van der Waals surface area contributed by atoms with E-state index in [1.54, 1.807) is 12.7 Å². The van der Waals surface area contributed by atoms with Gasteiger partial charge in [0.15, 0.2) is 0 Å². The van der Waals surface area contributed by atoms with E-state index in [9.17, 15) is 0 Å². The second kappa shape index (κ2) is 7.17. The molecule has 0 saturated heterocycles. The van der Waals surface area contributed by atoms with Gasteiger partial charge in [-0.2, -0.15) is 0 Å². The Morgan fingerprint density at radius 1 is 1.29 bits per heavy atom. The van der Waals surface area contributed by atoms with Crippen molar-refractivity contribution in [3.05, 3.63) is 29.8 Å². The number of nitrogens with one attached hydrogen (secondary N) is 1. The van der Waals surface area contributed by atoms with E-state index in [1.165, 1.54) is 50.0 Å². The molecule has 1 atom stereocenters. The second-order valence-electron chi connectivity index (χ2n) is 6.63. The minimum Gasteiger partial charge on any atom is -0.383 e. The maximum Gasteiger partial charge on any atom is 0.0587 e. The SMILES string of the molecule is COCCNCC1(CC2Cc3ccccc3S2)CCCC1. The summed E-state index contributed by atoms with van der Waals surface area (Å²) in [5.74, 6) is 0. The van der Waals surface area contributed by atoms with E-state index in [4.69, 9.17) is 4.74 Å². The number of ether oxygens (including phenoxy) is 1. The Balaban J connectivity index is 1.56. The highest BCUT2D eigenvalue weighted by Crippen LogP contribution is 2.48. The Hall–Kier alpha value is -0.510. The van der Waals surface area contributed by atoms with E-state index in [0.29, 0.717) is 5.41 Å². The van der Waals surface area contributed by atoms with Crippen LogP contribution < -0.4 is 5.32 Å². The molecular formula is C18H27NOS. The van der Waals surface area contributed by atoms with E-state index in [2.05, 4.69) is 41.3 Å². The first-order valence-electron chi connectivity index (χ1n) is 8.26. The Morgan fingerprint density at radius 2 is 2.10 bits per heavy atom. The zero-order valence-electron chi connectivity index (χ0n) is 13.1. The Labute approximate surface area is 133 Å². The number of thioether (sulfide) groups is 1. The van der Waals surface area contributed by atoms with E-state index >= 15 is 0 Å². The molecule has 1 aromatic carbocycles. The lowest BCUT2D eigenvalue weighted by Gasteiger charge is -2.32. The topological polar surface area (TPSA) is 21.3 Å². The smallest absolute Gasteiger partial charge is 0.0587 e.